The summed E-state index contributed by atoms with van der Waals surface area (Å²) in [7, 11) is 0. The fourth-order valence-corrected chi connectivity index (χ4v) is 5.91. The van der Waals surface area contributed by atoms with Crippen molar-refractivity contribution in [1.29, 1.82) is 0 Å². The summed E-state index contributed by atoms with van der Waals surface area (Å²) in [5.74, 6) is 2.07. The number of nitrogens with zero attached hydrogens (tertiary/aromatic N) is 4. The van der Waals surface area contributed by atoms with Gasteiger partial charge in [0, 0.05) is 16.7 Å². The molecule has 2 aromatic rings. The Balaban J connectivity index is 1.90. The van der Waals surface area contributed by atoms with Crippen LogP contribution in [0.1, 0.15) is 5.82 Å². The molecule has 3 rings (SSSR count). The maximum Gasteiger partial charge on any atom is 0.327 e. The molecule has 1 aromatic carbocycles. The lowest BCUT2D eigenvalue weighted by Gasteiger charge is -2.26. The van der Waals surface area contributed by atoms with Crippen LogP contribution in [0.2, 0.25) is 0 Å². The summed E-state index contributed by atoms with van der Waals surface area (Å²) in [6.45, 7) is 4.78. The van der Waals surface area contributed by atoms with Gasteiger partial charge in [-0.05, 0) is 86.8 Å². The highest BCUT2D eigenvalue weighted by Crippen LogP contribution is 2.32. The number of aryl methyl sites for hydroxylation is 1. The number of benzene rings is 1. The van der Waals surface area contributed by atoms with E-state index in [0.29, 0.717) is 31.0 Å². The van der Waals surface area contributed by atoms with Crippen LogP contribution in [-0.4, -0.2) is 41.3 Å². The van der Waals surface area contributed by atoms with Gasteiger partial charge in [-0.15, -0.1) is 0 Å². The fraction of sp³-hybridized carbons (Fsp3) is 0.357. The first-order valence-electron chi connectivity index (χ1n) is 6.90. The predicted molar refractivity (Wildman–Crippen MR) is 112 cm³/mol. The third kappa shape index (κ3) is 4.54. The van der Waals surface area contributed by atoms with Crippen molar-refractivity contribution in [2.45, 2.75) is 6.92 Å². The van der Waals surface area contributed by atoms with Gasteiger partial charge < -0.3 is 14.4 Å². The lowest BCUT2D eigenvalue weighted by Crippen LogP contribution is -2.37. The van der Waals surface area contributed by atoms with Crippen LogP contribution in [0, 0.1) is 17.6 Å². The van der Waals surface area contributed by atoms with E-state index < -0.39 is 0 Å². The zero-order valence-electron chi connectivity index (χ0n) is 12.2. The van der Waals surface area contributed by atoms with Gasteiger partial charge in [0.15, 0.2) is 5.75 Å². The average molecular weight is 650 g/mol. The van der Waals surface area contributed by atoms with E-state index in [1.807, 2.05) is 6.92 Å². The van der Waals surface area contributed by atoms with E-state index in [9.17, 15) is 0 Å². The highest BCUT2D eigenvalue weighted by Gasteiger charge is 2.17. The second-order valence-corrected chi connectivity index (χ2v) is 8.44. The molecule has 0 bridgehead atoms. The number of morpholine rings is 1. The van der Waals surface area contributed by atoms with Crippen molar-refractivity contribution in [3.63, 3.8) is 0 Å². The molecular weight excluding hydrogens is 637 g/mol. The van der Waals surface area contributed by atoms with Gasteiger partial charge in [-0.3, -0.25) is 0 Å². The molecule has 0 aliphatic carbocycles. The average Bonchev–Trinajstić information content (AvgIpc) is 2.51. The van der Waals surface area contributed by atoms with Gasteiger partial charge in [-0.1, -0.05) is 0 Å². The summed E-state index contributed by atoms with van der Waals surface area (Å²) in [4.78, 5) is 15.3. The van der Waals surface area contributed by atoms with E-state index in [4.69, 9.17) is 9.47 Å². The molecular formula is C14H13I3N4O2. The molecule has 9 heteroatoms. The zero-order chi connectivity index (χ0) is 16.4. The Hall–Kier alpha value is -0.0200. The number of rotatable bonds is 3. The van der Waals surface area contributed by atoms with E-state index >= 15 is 0 Å². The lowest BCUT2D eigenvalue weighted by atomic mass is 10.3. The van der Waals surface area contributed by atoms with Crippen LogP contribution in [0.5, 0.6) is 11.8 Å². The maximum atomic E-state index is 5.97. The molecule has 1 fully saturated rings. The second kappa shape index (κ2) is 7.91. The minimum Gasteiger partial charge on any atom is -0.422 e. The molecule has 2 heterocycles. The van der Waals surface area contributed by atoms with Crippen molar-refractivity contribution in [2.24, 2.45) is 0 Å². The Morgan fingerprint density at radius 3 is 2.35 bits per heavy atom. The number of ether oxygens (including phenoxy) is 2. The standard InChI is InChI=1S/C14H13I3N4O2/c1-8-18-13(21-2-4-22-5-3-21)20-14(19-8)23-12-10(16)6-9(15)7-11(12)17/h6-7H,2-5H2,1H3. The Kier molecular flexibility index (Phi) is 6.12. The van der Waals surface area contributed by atoms with Gasteiger partial charge in [0.2, 0.25) is 5.95 Å². The van der Waals surface area contributed by atoms with Crippen molar-refractivity contribution in [3.05, 3.63) is 28.7 Å². The molecule has 1 aliphatic heterocycles. The molecule has 1 aliphatic rings. The van der Waals surface area contributed by atoms with E-state index in [-0.39, 0.29) is 0 Å². The number of halogens is 3. The predicted octanol–water partition coefficient (Wildman–Crippen LogP) is 3.62. The molecule has 0 atom stereocenters. The molecule has 6 nitrogen and oxygen atoms in total. The van der Waals surface area contributed by atoms with Crippen LogP contribution >= 0.6 is 67.8 Å². The molecule has 0 N–H and O–H groups in total. The third-order valence-electron chi connectivity index (χ3n) is 3.17. The van der Waals surface area contributed by atoms with E-state index in [1.165, 1.54) is 3.57 Å². The van der Waals surface area contributed by atoms with Crippen LogP contribution in [0.4, 0.5) is 5.95 Å². The normalized spacial score (nSPS) is 14.9. The molecule has 0 spiro atoms. The topological polar surface area (TPSA) is 60.4 Å². The summed E-state index contributed by atoms with van der Waals surface area (Å²) < 4.78 is 14.6. The molecule has 23 heavy (non-hydrogen) atoms. The highest BCUT2D eigenvalue weighted by atomic mass is 127. The Morgan fingerprint density at radius 1 is 1.04 bits per heavy atom. The Labute approximate surface area is 175 Å². The quantitative estimate of drug-likeness (QED) is 0.474. The van der Waals surface area contributed by atoms with E-state index in [1.54, 1.807) is 0 Å². The van der Waals surface area contributed by atoms with E-state index in [2.05, 4.69) is 99.8 Å². The van der Waals surface area contributed by atoms with Gasteiger partial charge in [0.25, 0.3) is 0 Å². The summed E-state index contributed by atoms with van der Waals surface area (Å²) in [5.41, 5.74) is 0. The largest absolute Gasteiger partial charge is 0.422 e. The minimum absolute atomic E-state index is 0.330. The van der Waals surface area contributed by atoms with Gasteiger partial charge in [-0.2, -0.15) is 15.0 Å². The van der Waals surface area contributed by atoms with Gasteiger partial charge in [0.1, 0.15) is 5.82 Å². The number of aromatic nitrogens is 3. The molecule has 0 amide bonds. The van der Waals surface area contributed by atoms with Crippen LogP contribution in [0.3, 0.4) is 0 Å². The molecule has 0 saturated carbocycles. The summed E-state index contributed by atoms with van der Waals surface area (Å²) in [5, 5.41) is 0. The molecule has 0 unspecified atom stereocenters. The van der Waals surface area contributed by atoms with Crippen molar-refractivity contribution in [3.8, 4) is 11.8 Å². The Bertz CT molecular complexity index is 700. The molecule has 122 valence electrons. The van der Waals surface area contributed by atoms with Crippen LogP contribution in [-0.2, 0) is 4.74 Å². The first-order valence-corrected chi connectivity index (χ1v) is 10.1. The molecule has 0 radical (unpaired) electrons. The molecule has 1 aromatic heterocycles. The minimum atomic E-state index is 0.330. The van der Waals surface area contributed by atoms with E-state index in [0.717, 1.165) is 26.0 Å². The number of hydrogen-bond donors (Lipinski definition) is 0. The highest BCUT2D eigenvalue weighted by molar-refractivity contribution is 14.1. The number of anilines is 1. The third-order valence-corrected chi connectivity index (χ3v) is 5.39. The number of hydrogen-bond acceptors (Lipinski definition) is 6. The monoisotopic (exact) mass is 650 g/mol. The maximum absolute atomic E-state index is 5.97. The lowest BCUT2D eigenvalue weighted by molar-refractivity contribution is 0.122. The van der Waals surface area contributed by atoms with Crippen LogP contribution in [0.15, 0.2) is 12.1 Å². The zero-order valence-corrected chi connectivity index (χ0v) is 18.7. The van der Waals surface area contributed by atoms with Crippen molar-refractivity contribution in [2.75, 3.05) is 31.2 Å². The summed E-state index contributed by atoms with van der Waals surface area (Å²) >= 11 is 6.83. The van der Waals surface area contributed by atoms with Gasteiger partial charge in [-0.25, -0.2) is 0 Å². The first-order chi connectivity index (χ1) is 11.0. The van der Waals surface area contributed by atoms with Crippen LogP contribution < -0.4 is 9.64 Å². The van der Waals surface area contributed by atoms with Crippen LogP contribution in [0.25, 0.3) is 0 Å². The van der Waals surface area contributed by atoms with Crippen molar-refractivity contribution >= 4 is 73.7 Å². The SMILES string of the molecule is Cc1nc(Oc2c(I)cc(I)cc2I)nc(N2CCOCC2)n1. The van der Waals surface area contributed by atoms with Crippen molar-refractivity contribution < 1.29 is 9.47 Å². The second-order valence-electron chi connectivity index (χ2n) is 4.87. The smallest absolute Gasteiger partial charge is 0.327 e. The first kappa shape index (κ1) is 17.8. The fourth-order valence-electron chi connectivity index (χ4n) is 2.11. The summed E-state index contributed by atoms with van der Waals surface area (Å²) in [6, 6.07) is 4.46. The Morgan fingerprint density at radius 2 is 1.70 bits per heavy atom. The van der Waals surface area contributed by atoms with Gasteiger partial charge >= 0.3 is 6.01 Å². The van der Waals surface area contributed by atoms with Gasteiger partial charge in [0.05, 0.1) is 20.4 Å². The molecule has 1 saturated heterocycles. The summed E-state index contributed by atoms with van der Waals surface area (Å²) in [6.07, 6.45) is 0. The van der Waals surface area contributed by atoms with Crippen molar-refractivity contribution in [1.82, 2.24) is 15.0 Å².